The van der Waals surface area contributed by atoms with Gasteiger partial charge in [0.1, 0.15) is 6.54 Å². The van der Waals surface area contributed by atoms with Gasteiger partial charge in [-0.05, 0) is 44.5 Å². The van der Waals surface area contributed by atoms with Crippen LogP contribution in [0, 0.1) is 0 Å². The lowest BCUT2D eigenvalue weighted by Crippen LogP contribution is -2.21. The fourth-order valence-electron chi connectivity index (χ4n) is 2.48. The van der Waals surface area contributed by atoms with Gasteiger partial charge < -0.3 is 4.90 Å². The third-order valence-corrected chi connectivity index (χ3v) is 4.82. The summed E-state index contributed by atoms with van der Waals surface area (Å²) >= 11 is 1.96. The molecule has 2 nitrogen and oxygen atoms in total. The zero-order valence-electron chi connectivity index (χ0n) is 12.8. The zero-order valence-corrected chi connectivity index (χ0v) is 13.6. The predicted molar refractivity (Wildman–Crippen MR) is 92.2 cm³/mol. The van der Waals surface area contributed by atoms with E-state index < -0.39 is 0 Å². The second kappa shape index (κ2) is 7.53. The average molecular weight is 289 g/mol. The van der Waals surface area contributed by atoms with E-state index in [0.717, 1.165) is 19.6 Å². The van der Waals surface area contributed by atoms with Gasteiger partial charge in [-0.2, -0.15) is 0 Å². The molecule has 3 heteroatoms. The zero-order chi connectivity index (χ0) is 14.4. The SMILES string of the molecule is CCN(CC)c1ccc(/C=C/C2=[N+](CC)CCS2)cc1. The van der Waals surface area contributed by atoms with Crippen LogP contribution in [0.5, 0.6) is 0 Å². The quantitative estimate of drug-likeness (QED) is 0.736. The summed E-state index contributed by atoms with van der Waals surface area (Å²) in [5.41, 5.74) is 2.59. The molecule has 0 saturated heterocycles. The van der Waals surface area contributed by atoms with Crippen molar-refractivity contribution in [1.29, 1.82) is 0 Å². The molecule has 20 heavy (non-hydrogen) atoms. The number of hydrogen-bond donors (Lipinski definition) is 0. The van der Waals surface area contributed by atoms with Gasteiger partial charge in [-0.15, -0.1) is 0 Å². The highest BCUT2D eigenvalue weighted by Crippen LogP contribution is 2.17. The lowest BCUT2D eigenvalue weighted by atomic mass is 10.2. The molecule has 0 fully saturated rings. The largest absolute Gasteiger partial charge is 0.372 e. The van der Waals surface area contributed by atoms with Gasteiger partial charge in [0.05, 0.1) is 5.75 Å². The second-order valence-corrected chi connectivity index (χ2v) is 5.98. The van der Waals surface area contributed by atoms with Gasteiger partial charge in [0, 0.05) is 24.9 Å². The molecule has 1 aromatic rings. The Balaban J connectivity index is 2.07. The molecule has 0 N–H and O–H groups in total. The number of hydrogen-bond acceptors (Lipinski definition) is 2. The molecular weight excluding hydrogens is 264 g/mol. The lowest BCUT2D eigenvalue weighted by molar-refractivity contribution is -0.513. The molecule has 1 aliphatic rings. The molecule has 0 atom stereocenters. The molecule has 0 aliphatic carbocycles. The van der Waals surface area contributed by atoms with Gasteiger partial charge in [0.2, 0.25) is 5.04 Å². The Bertz CT molecular complexity index is 484. The maximum Gasteiger partial charge on any atom is 0.234 e. The Morgan fingerprint density at radius 3 is 2.40 bits per heavy atom. The Kier molecular flexibility index (Phi) is 5.72. The van der Waals surface area contributed by atoms with Crippen molar-refractivity contribution in [1.82, 2.24) is 0 Å². The van der Waals surface area contributed by atoms with E-state index in [2.05, 4.69) is 66.7 Å². The van der Waals surface area contributed by atoms with E-state index in [1.807, 2.05) is 11.8 Å². The molecule has 1 aliphatic heterocycles. The first kappa shape index (κ1) is 15.2. The van der Waals surface area contributed by atoms with Crippen LogP contribution in [-0.4, -0.2) is 41.6 Å². The molecule has 0 aromatic heterocycles. The molecule has 0 bridgehead atoms. The first-order valence-electron chi connectivity index (χ1n) is 7.56. The molecule has 2 rings (SSSR count). The van der Waals surface area contributed by atoms with Crippen LogP contribution in [0.2, 0.25) is 0 Å². The first-order valence-corrected chi connectivity index (χ1v) is 8.54. The third-order valence-electron chi connectivity index (χ3n) is 3.74. The van der Waals surface area contributed by atoms with Crippen LogP contribution in [-0.2, 0) is 0 Å². The maximum atomic E-state index is 2.44. The summed E-state index contributed by atoms with van der Waals surface area (Å²) in [5, 5.41) is 1.40. The van der Waals surface area contributed by atoms with Crippen LogP contribution in [0.4, 0.5) is 5.69 Å². The van der Waals surface area contributed by atoms with Crippen molar-refractivity contribution in [2.45, 2.75) is 20.8 Å². The molecule has 0 radical (unpaired) electrons. The molecule has 0 spiro atoms. The van der Waals surface area contributed by atoms with E-state index in [9.17, 15) is 0 Å². The van der Waals surface area contributed by atoms with Crippen LogP contribution in [0.1, 0.15) is 26.3 Å². The fourth-order valence-corrected chi connectivity index (χ4v) is 3.57. The van der Waals surface area contributed by atoms with Gasteiger partial charge in [-0.3, -0.25) is 0 Å². The van der Waals surface area contributed by atoms with Crippen LogP contribution in [0.15, 0.2) is 30.3 Å². The van der Waals surface area contributed by atoms with E-state index in [0.29, 0.717) is 0 Å². The van der Waals surface area contributed by atoms with E-state index in [4.69, 9.17) is 0 Å². The normalized spacial score (nSPS) is 15.3. The van der Waals surface area contributed by atoms with Gasteiger partial charge in [-0.1, -0.05) is 23.9 Å². The maximum absolute atomic E-state index is 2.44. The van der Waals surface area contributed by atoms with E-state index in [1.54, 1.807) is 0 Å². The summed E-state index contributed by atoms with van der Waals surface area (Å²) in [6.07, 6.45) is 4.48. The second-order valence-electron chi connectivity index (χ2n) is 4.86. The third kappa shape index (κ3) is 3.66. The Morgan fingerprint density at radius 2 is 1.80 bits per heavy atom. The minimum Gasteiger partial charge on any atom is -0.372 e. The topological polar surface area (TPSA) is 6.25 Å². The van der Waals surface area contributed by atoms with Crippen LogP contribution < -0.4 is 4.90 Å². The standard InChI is InChI=1S/C17H25N2S/c1-4-18(5-2)16-10-7-15(8-11-16)9-12-17-19(6-3)13-14-20-17/h7-12H,4-6,13-14H2,1-3H3/q+1. The summed E-state index contributed by atoms with van der Waals surface area (Å²) in [4.78, 5) is 2.37. The van der Waals surface area contributed by atoms with Crippen molar-refractivity contribution in [3.63, 3.8) is 0 Å². The van der Waals surface area contributed by atoms with Gasteiger partial charge >= 0.3 is 0 Å². The minimum absolute atomic E-state index is 1.06. The van der Waals surface area contributed by atoms with Crippen LogP contribution in [0.25, 0.3) is 6.08 Å². The molecule has 108 valence electrons. The number of anilines is 1. The monoisotopic (exact) mass is 289 g/mol. The van der Waals surface area contributed by atoms with Gasteiger partial charge in [0.15, 0.2) is 6.54 Å². The number of thioether (sulfide) groups is 1. The Morgan fingerprint density at radius 1 is 1.10 bits per heavy atom. The van der Waals surface area contributed by atoms with E-state index in [1.165, 1.54) is 28.6 Å². The Labute approximate surface area is 127 Å². The summed E-state index contributed by atoms with van der Waals surface area (Å²) in [7, 11) is 0. The molecule has 1 aromatic carbocycles. The first-order chi connectivity index (χ1) is 9.78. The summed E-state index contributed by atoms with van der Waals surface area (Å²) in [5.74, 6) is 1.22. The van der Waals surface area contributed by atoms with E-state index >= 15 is 0 Å². The molecular formula is C17H25N2S+. The fraction of sp³-hybridized carbons (Fsp3) is 0.471. The van der Waals surface area contributed by atoms with Crippen molar-refractivity contribution in [2.24, 2.45) is 0 Å². The molecule has 0 amide bonds. The molecule has 1 heterocycles. The Hall–Kier alpha value is -1.22. The number of benzene rings is 1. The minimum atomic E-state index is 1.06. The smallest absolute Gasteiger partial charge is 0.234 e. The summed E-state index contributed by atoms with van der Waals surface area (Å²) in [6.45, 7) is 11.0. The summed E-state index contributed by atoms with van der Waals surface area (Å²) < 4.78 is 2.44. The van der Waals surface area contributed by atoms with Crippen LogP contribution >= 0.6 is 11.8 Å². The van der Waals surface area contributed by atoms with Gasteiger partial charge in [0.25, 0.3) is 0 Å². The van der Waals surface area contributed by atoms with Gasteiger partial charge in [-0.25, -0.2) is 4.58 Å². The highest BCUT2D eigenvalue weighted by molar-refractivity contribution is 8.14. The number of rotatable bonds is 6. The molecule has 0 saturated carbocycles. The lowest BCUT2D eigenvalue weighted by Gasteiger charge is -2.20. The molecule has 0 unspecified atom stereocenters. The summed E-state index contributed by atoms with van der Waals surface area (Å²) in [6, 6.07) is 8.86. The van der Waals surface area contributed by atoms with Crippen molar-refractivity contribution in [2.75, 3.05) is 36.8 Å². The number of nitrogens with zero attached hydrogens (tertiary/aromatic N) is 2. The van der Waals surface area contributed by atoms with Crippen molar-refractivity contribution in [3.8, 4) is 0 Å². The van der Waals surface area contributed by atoms with Crippen LogP contribution in [0.3, 0.4) is 0 Å². The van der Waals surface area contributed by atoms with E-state index in [-0.39, 0.29) is 0 Å². The average Bonchev–Trinajstić information content (AvgIpc) is 2.95. The highest BCUT2D eigenvalue weighted by atomic mass is 32.2. The van der Waals surface area contributed by atoms with Crippen molar-refractivity contribution < 1.29 is 4.58 Å². The van der Waals surface area contributed by atoms with Crippen molar-refractivity contribution in [3.05, 3.63) is 35.9 Å². The highest BCUT2D eigenvalue weighted by Gasteiger charge is 2.18. The predicted octanol–water partition coefficient (Wildman–Crippen LogP) is 3.72. The van der Waals surface area contributed by atoms with Crippen molar-refractivity contribution >= 4 is 28.6 Å².